The number of allylic oxidation sites excluding steroid dienone is 1. The lowest BCUT2D eigenvalue weighted by Crippen LogP contribution is -2.49. The molecule has 7 heteroatoms. The first kappa shape index (κ1) is 34.1. The molecule has 0 saturated heterocycles. The van der Waals surface area contributed by atoms with Crippen molar-refractivity contribution in [2.75, 3.05) is 13.2 Å². The van der Waals surface area contributed by atoms with E-state index in [1.54, 1.807) is 12.2 Å². The summed E-state index contributed by atoms with van der Waals surface area (Å²) in [5.41, 5.74) is -1.23. The third-order valence-electron chi connectivity index (χ3n) is 6.79. The fraction of sp³-hybridized carbons (Fsp3) is 0.594. The molecule has 0 aliphatic carbocycles. The standard InChI is InChI=1S/C32H49NO6/c1-4-6-7-10-13-16-27(34)17-14-11-8-9-12-15-18-29(32(3,38)31(36)37)30(35)33-24-23-26-19-21-28(22-20-26)39-25-5-2/h5,15,18-22,29,38H,2,4,6-14,16-17,23-25H2,1,3H3,(H,33,35)(H,36,37)/b18-15+/t29-,32+/m1/s1. The van der Waals surface area contributed by atoms with Gasteiger partial charge in [-0.3, -0.25) is 9.59 Å². The van der Waals surface area contributed by atoms with Gasteiger partial charge in [-0.15, -0.1) is 0 Å². The highest BCUT2D eigenvalue weighted by Crippen LogP contribution is 2.21. The Morgan fingerprint density at radius 1 is 1.00 bits per heavy atom. The molecule has 1 rings (SSSR count). The van der Waals surface area contributed by atoms with E-state index in [0.717, 1.165) is 56.8 Å². The molecule has 1 aromatic rings. The summed E-state index contributed by atoms with van der Waals surface area (Å²) in [5.74, 6) is -2.10. The Bertz CT molecular complexity index is 890. The minimum Gasteiger partial charge on any atom is -0.490 e. The Morgan fingerprint density at radius 2 is 1.62 bits per heavy atom. The average Bonchev–Trinajstić information content (AvgIpc) is 2.91. The fourth-order valence-corrected chi connectivity index (χ4v) is 4.23. The van der Waals surface area contributed by atoms with Gasteiger partial charge >= 0.3 is 5.97 Å². The first-order valence-corrected chi connectivity index (χ1v) is 14.5. The molecule has 39 heavy (non-hydrogen) atoms. The van der Waals surface area contributed by atoms with Crippen molar-refractivity contribution in [2.24, 2.45) is 5.92 Å². The van der Waals surface area contributed by atoms with E-state index in [1.165, 1.54) is 25.3 Å². The van der Waals surface area contributed by atoms with E-state index in [0.29, 0.717) is 44.6 Å². The van der Waals surface area contributed by atoms with Gasteiger partial charge < -0.3 is 20.3 Å². The molecule has 2 atom stereocenters. The average molecular weight is 544 g/mol. The van der Waals surface area contributed by atoms with Crippen LogP contribution in [-0.2, 0) is 20.8 Å². The maximum Gasteiger partial charge on any atom is 0.336 e. The van der Waals surface area contributed by atoms with E-state index < -0.39 is 23.4 Å². The number of carbonyl (C=O) groups excluding carboxylic acids is 2. The SMILES string of the molecule is C=CCOc1ccc(CCNC(=O)[C@@H](/C=C/CCCCCCC(=O)CCCCCCC)[C@](C)(O)C(=O)O)cc1. The first-order valence-electron chi connectivity index (χ1n) is 14.5. The van der Waals surface area contributed by atoms with Gasteiger partial charge in [0.25, 0.3) is 0 Å². The van der Waals surface area contributed by atoms with Crippen molar-refractivity contribution in [1.29, 1.82) is 0 Å². The number of rotatable bonds is 23. The van der Waals surface area contributed by atoms with Crippen LogP contribution in [0.2, 0.25) is 0 Å². The molecule has 0 heterocycles. The number of aliphatic hydroxyl groups is 1. The zero-order valence-electron chi connectivity index (χ0n) is 24.0. The van der Waals surface area contributed by atoms with Crippen molar-refractivity contribution in [2.45, 2.75) is 103 Å². The number of nitrogens with one attached hydrogen (secondary N) is 1. The normalized spacial score (nSPS) is 13.5. The molecule has 3 N–H and O–H groups in total. The number of carbonyl (C=O) groups is 3. The highest BCUT2D eigenvalue weighted by molar-refractivity contribution is 5.90. The fourth-order valence-electron chi connectivity index (χ4n) is 4.23. The first-order chi connectivity index (χ1) is 18.7. The lowest BCUT2D eigenvalue weighted by atomic mass is 9.87. The summed E-state index contributed by atoms with van der Waals surface area (Å²) < 4.78 is 5.46. The van der Waals surface area contributed by atoms with Crippen LogP contribution in [0.5, 0.6) is 5.75 Å². The molecular weight excluding hydrogens is 494 g/mol. The Morgan fingerprint density at radius 3 is 2.21 bits per heavy atom. The van der Waals surface area contributed by atoms with Crippen LogP contribution < -0.4 is 10.1 Å². The van der Waals surface area contributed by atoms with E-state index in [4.69, 9.17) is 4.74 Å². The monoisotopic (exact) mass is 543 g/mol. The van der Waals surface area contributed by atoms with Crippen LogP contribution >= 0.6 is 0 Å². The highest BCUT2D eigenvalue weighted by Gasteiger charge is 2.42. The number of carboxylic acids is 1. The number of hydrogen-bond donors (Lipinski definition) is 3. The molecule has 0 spiro atoms. The highest BCUT2D eigenvalue weighted by atomic mass is 16.5. The quantitative estimate of drug-likeness (QED) is 0.112. The van der Waals surface area contributed by atoms with Gasteiger partial charge in [-0.25, -0.2) is 4.79 Å². The summed E-state index contributed by atoms with van der Waals surface area (Å²) in [6, 6.07) is 7.49. The van der Waals surface area contributed by atoms with E-state index in [-0.39, 0.29) is 0 Å². The predicted molar refractivity (Wildman–Crippen MR) is 156 cm³/mol. The van der Waals surface area contributed by atoms with Crippen molar-refractivity contribution in [3.05, 3.63) is 54.6 Å². The van der Waals surface area contributed by atoms with E-state index in [9.17, 15) is 24.6 Å². The van der Waals surface area contributed by atoms with E-state index in [1.807, 2.05) is 24.3 Å². The third-order valence-corrected chi connectivity index (χ3v) is 6.79. The van der Waals surface area contributed by atoms with Crippen molar-refractivity contribution in [1.82, 2.24) is 5.32 Å². The zero-order valence-corrected chi connectivity index (χ0v) is 24.0. The van der Waals surface area contributed by atoms with Gasteiger partial charge in [0.15, 0.2) is 5.60 Å². The van der Waals surface area contributed by atoms with E-state index >= 15 is 0 Å². The smallest absolute Gasteiger partial charge is 0.336 e. The Hall–Kier alpha value is -2.93. The van der Waals surface area contributed by atoms with Crippen LogP contribution in [0.1, 0.15) is 96.5 Å². The molecule has 0 aromatic heterocycles. The largest absolute Gasteiger partial charge is 0.490 e. The molecule has 0 saturated carbocycles. The van der Waals surface area contributed by atoms with E-state index in [2.05, 4.69) is 18.8 Å². The maximum absolute atomic E-state index is 12.8. The summed E-state index contributed by atoms with van der Waals surface area (Å²) in [6.45, 7) is 7.68. The van der Waals surface area contributed by atoms with Crippen LogP contribution in [0.3, 0.4) is 0 Å². The van der Waals surface area contributed by atoms with Gasteiger partial charge in [0.05, 0.1) is 5.92 Å². The third kappa shape index (κ3) is 14.7. The van der Waals surface area contributed by atoms with Crippen molar-refractivity contribution >= 4 is 17.7 Å². The van der Waals surface area contributed by atoms with Crippen LogP contribution in [0.25, 0.3) is 0 Å². The molecule has 0 unspecified atom stereocenters. The number of ether oxygens (including phenoxy) is 1. The second kappa shape index (κ2) is 20.0. The summed E-state index contributed by atoms with van der Waals surface area (Å²) in [5, 5.41) is 22.7. The second-order valence-electron chi connectivity index (χ2n) is 10.3. The summed E-state index contributed by atoms with van der Waals surface area (Å²) in [6.07, 6.45) is 17.0. The summed E-state index contributed by atoms with van der Waals surface area (Å²) in [4.78, 5) is 36.4. The Kier molecular flexibility index (Phi) is 17.5. The number of amides is 1. The number of aliphatic carboxylic acids is 1. The number of Topliss-reactive ketones (excluding diaryl/α,β-unsaturated/α-hetero) is 1. The van der Waals surface area contributed by atoms with Gasteiger partial charge in [0.1, 0.15) is 18.1 Å². The van der Waals surface area contributed by atoms with Crippen molar-refractivity contribution in [3.63, 3.8) is 0 Å². The second-order valence-corrected chi connectivity index (χ2v) is 10.3. The van der Waals surface area contributed by atoms with Crippen molar-refractivity contribution < 1.29 is 29.3 Å². The molecule has 0 aliphatic heterocycles. The van der Waals surface area contributed by atoms with Gasteiger partial charge in [-0.1, -0.05) is 82.4 Å². The molecule has 0 radical (unpaired) electrons. The number of carboxylic acid groups (broad SMARTS) is 1. The molecule has 218 valence electrons. The van der Waals surface area contributed by atoms with Gasteiger partial charge in [-0.2, -0.15) is 0 Å². The number of benzene rings is 1. The number of hydrogen-bond acceptors (Lipinski definition) is 5. The molecule has 1 amide bonds. The van der Waals surface area contributed by atoms with Crippen LogP contribution in [-0.4, -0.2) is 46.6 Å². The van der Waals surface area contributed by atoms with Crippen LogP contribution in [0, 0.1) is 5.92 Å². The molecule has 7 nitrogen and oxygen atoms in total. The summed E-state index contributed by atoms with van der Waals surface area (Å²) >= 11 is 0. The van der Waals surface area contributed by atoms with Crippen LogP contribution in [0.15, 0.2) is 49.1 Å². The maximum atomic E-state index is 12.8. The number of unbranched alkanes of at least 4 members (excludes halogenated alkanes) is 8. The molecule has 0 aliphatic rings. The van der Waals surface area contributed by atoms with Gasteiger partial charge in [0, 0.05) is 19.4 Å². The lowest BCUT2D eigenvalue weighted by molar-refractivity contribution is -0.163. The summed E-state index contributed by atoms with van der Waals surface area (Å²) in [7, 11) is 0. The molecule has 0 fully saturated rings. The predicted octanol–water partition coefficient (Wildman–Crippen LogP) is 6.19. The topological polar surface area (TPSA) is 113 Å². The number of ketones is 1. The van der Waals surface area contributed by atoms with Gasteiger partial charge in [0.2, 0.25) is 5.91 Å². The van der Waals surface area contributed by atoms with Crippen LogP contribution in [0.4, 0.5) is 0 Å². The molecule has 0 bridgehead atoms. The van der Waals surface area contributed by atoms with Gasteiger partial charge in [-0.05, 0) is 56.7 Å². The Labute approximate surface area is 234 Å². The minimum absolute atomic E-state index is 0.309. The Balaban J connectivity index is 2.40. The molecule has 1 aromatic carbocycles. The minimum atomic E-state index is -2.22. The molecular formula is C32H49NO6. The lowest BCUT2D eigenvalue weighted by Gasteiger charge is -2.25. The van der Waals surface area contributed by atoms with Crippen molar-refractivity contribution in [3.8, 4) is 5.75 Å². The zero-order chi connectivity index (χ0) is 28.9.